The highest BCUT2D eigenvalue weighted by atomic mass is 32.2. The quantitative estimate of drug-likeness (QED) is 0.223. The van der Waals surface area contributed by atoms with Crippen molar-refractivity contribution in [2.75, 3.05) is 25.6 Å². The van der Waals surface area contributed by atoms with Gasteiger partial charge in [-0.05, 0) is 37.1 Å². The van der Waals surface area contributed by atoms with Gasteiger partial charge in [0, 0.05) is 26.5 Å². The molecule has 116 valence electrons. The monoisotopic (exact) mass is 310 g/mol. The Morgan fingerprint density at radius 3 is 3.10 bits per heavy atom. The number of guanidine groups is 1. The molecule has 0 spiro atoms. The smallest absolute Gasteiger partial charge is 0.195 e. The van der Waals surface area contributed by atoms with Crippen LogP contribution in [0.5, 0.6) is 0 Å². The number of hydrogen-bond acceptors (Lipinski definition) is 6. The van der Waals surface area contributed by atoms with E-state index < -0.39 is 0 Å². The Kier molecular flexibility index (Phi) is 8.37. The normalized spacial score (nSPS) is 11.4. The average molecular weight is 310 g/mol. The number of thioether (sulfide) groups is 1. The van der Waals surface area contributed by atoms with E-state index >= 15 is 0 Å². The van der Waals surface area contributed by atoms with Gasteiger partial charge in [0.25, 0.3) is 0 Å². The number of anilines is 1. The summed E-state index contributed by atoms with van der Waals surface area (Å²) in [6, 6.07) is 1.72. The molecule has 0 aromatic carbocycles. The lowest BCUT2D eigenvalue weighted by Crippen LogP contribution is -2.23. The summed E-state index contributed by atoms with van der Waals surface area (Å²) in [4.78, 5) is 12.6. The van der Waals surface area contributed by atoms with Crippen LogP contribution < -0.4 is 11.1 Å². The van der Waals surface area contributed by atoms with Gasteiger partial charge in [0.1, 0.15) is 5.82 Å². The van der Waals surface area contributed by atoms with Crippen molar-refractivity contribution in [3.63, 3.8) is 0 Å². The Morgan fingerprint density at radius 1 is 1.57 bits per heavy atom. The summed E-state index contributed by atoms with van der Waals surface area (Å²) in [5.74, 6) is 0.913. The largest absolute Gasteiger partial charge is 0.385 e. The summed E-state index contributed by atoms with van der Waals surface area (Å²) in [6.07, 6.45) is 4.04. The molecule has 4 N–H and O–H groups in total. The molecule has 1 rings (SSSR count). The van der Waals surface area contributed by atoms with Crippen molar-refractivity contribution < 1.29 is 4.74 Å². The molecule has 0 unspecified atom stereocenters. The van der Waals surface area contributed by atoms with Gasteiger partial charge in [-0.2, -0.15) is 0 Å². The Labute approximate surface area is 129 Å². The second-order valence-corrected chi connectivity index (χ2v) is 5.30. The number of rotatable bonds is 8. The van der Waals surface area contributed by atoms with Crippen molar-refractivity contribution in [1.29, 1.82) is 5.41 Å². The molecule has 0 amide bonds. The maximum absolute atomic E-state index is 7.87. The third kappa shape index (κ3) is 7.62. The zero-order valence-electron chi connectivity index (χ0n) is 12.4. The van der Waals surface area contributed by atoms with Gasteiger partial charge in [-0.3, -0.25) is 10.4 Å². The van der Waals surface area contributed by atoms with E-state index in [1.54, 1.807) is 19.4 Å². The number of aliphatic imine (C=N–C) groups is 1. The van der Waals surface area contributed by atoms with Crippen LogP contribution in [0.2, 0.25) is 0 Å². The molecular weight excluding hydrogens is 288 g/mol. The third-order valence-electron chi connectivity index (χ3n) is 2.36. The van der Waals surface area contributed by atoms with Crippen LogP contribution in [0.3, 0.4) is 0 Å². The highest BCUT2D eigenvalue weighted by Crippen LogP contribution is 2.18. The molecule has 1 aromatic rings. The van der Waals surface area contributed by atoms with Crippen molar-refractivity contribution >= 4 is 28.6 Å². The zero-order chi connectivity index (χ0) is 15.5. The van der Waals surface area contributed by atoms with Crippen LogP contribution in [0, 0.1) is 5.41 Å². The molecule has 0 radical (unpaired) electrons. The van der Waals surface area contributed by atoms with Gasteiger partial charge < -0.3 is 15.8 Å². The van der Waals surface area contributed by atoms with Crippen molar-refractivity contribution in [2.45, 2.75) is 31.3 Å². The fraction of sp³-hybridized carbons (Fsp3) is 0.538. The molecule has 0 aliphatic carbocycles. The highest BCUT2D eigenvalue weighted by molar-refractivity contribution is 8.13. The molecule has 0 aliphatic heterocycles. The Bertz CT molecular complexity index is 479. The number of methoxy groups -OCH3 is 1. The van der Waals surface area contributed by atoms with Crippen LogP contribution in [-0.2, 0) is 4.74 Å². The minimum Gasteiger partial charge on any atom is -0.385 e. The number of nitrogens with one attached hydrogen (secondary N) is 2. The number of aromatic nitrogens is 2. The van der Waals surface area contributed by atoms with Crippen LogP contribution in [0.1, 0.15) is 26.2 Å². The first-order valence-electron chi connectivity index (χ1n) is 6.80. The van der Waals surface area contributed by atoms with E-state index in [4.69, 9.17) is 15.9 Å². The van der Waals surface area contributed by atoms with Gasteiger partial charge in [0.05, 0.1) is 5.04 Å². The molecule has 7 nitrogen and oxygen atoms in total. The van der Waals surface area contributed by atoms with Gasteiger partial charge in [0.15, 0.2) is 11.1 Å². The van der Waals surface area contributed by atoms with Gasteiger partial charge in [-0.1, -0.05) is 6.92 Å². The second kappa shape index (κ2) is 10.1. The average Bonchev–Trinajstić information content (AvgIpc) is 2.45. The molecule has 21 heavy (non-hydrogen) atoms. The molecule has 0 saturated heterocycles. The molecule has 1 heterocycles. The topological polar surface area (TPSA) is 109 Å². The minimum atomic E-state index is 0.335. The van der Waals surface area contributed by atoms with Crippen LogP contribution in [-0.4, -0.2) is 41.2 Å². The first-order valence-corrected chi connectivity index (χ1v) is 7.61. The number of nitrogens with zero attached hydrogens (tertiary/aromatic N) is 3. The summed E-state index contributed by atoms with van der Waals surface area (Å²) in [5.41, 5.74) is 5.74. The molecule has 0 fully saturated rings. The lowest BCUT2D eigenvalue weighted by Gasteiger charge is -2.06. The van der Waals surface area contributed by atoms with E-state index in [0.29, 0.717) is 41.6 Å². The number of ether oxygens (including phenoxy) is 1. The second-order valence-electron chi connectivity index (χ2n) is 4.24. The number of hydrogen-bond donors (Lipinski definition) is 3. The van der Waals surface area contributed by atoms with Crippen LogP contribution in [0.25, 0.3) is 0 Å². The Balaban J connectivity index is 2.53. The van der Waals surface area contributed by atoms with Gasteiger partial charge >= 0.3 is 0 Å². The summed E-state index contributed by atoms with van der Waals surface area (Å²) in [6.45, 7) is 3.36. The molecule has 1 aromatic heterocycles. The molecule has 8 heteroatoms. The highest BCUT2D eigenvalue weighted by Gasteiger charge is 2.05. The van der Waals surface area contributed by atoms with Crippen molar-refractivity contribution in [3.05, 3.63) is 12.3 Å². The summed E-state index contributed by atoms with van der Waals surface area (Å²) in [5, 5.41) is 11.8. The lowest BCUT2D eigenvalue weighted by molar-refractivity contribution is 0.197. The summed E-state index contributed by atoms with van der Waals surface area (Å²) >= 11 is 1.24. The molecule has 0 aliphatic rings. The first-order chi connectivity index (χ1) is 10.2. The maximum atomic E-state index is 7.87. The van der Waals surface area contributed by atoms with E-state index in [2.05, 4.69) is 20.3 Å². The predicted octanol–water partition coefficient (Wildman–Crippen LogP) is 2.11. The van der Waals surface area contributed by atoms with Crippen molar-refractivity contribution in [2.24, 2.45) is 10.7 Å². The standard InChI is InChI=1S/C13H22N6OS/c1-3-7-16-12(15)18-11-6-8-17-13(19-11)21-10(14)5-4-9-20-2/h6,8,14H,3-5,7,9H2,1-2H3,(H3,15,16,17,18,19). The minimum absolute atomic E-state index is 0.335. The van der Waals surface area contributed by atoms with Crippen molar-refractivity contribution in [1.82, 2.24) is 9.97 Å². The predicted molar refractivity (Wildman–Crippen MR) is 87.1 cm³/mol. The summed E-state index contributed by atoms with van der Waals surface area (Å²) in [7, 11) is 1.65. The van der Waals surface area contributed by atoms with Crippen LogP contribution >= 0.6 is 11.8 Å². The number of nitrogens with two attached hydrogens (primary N) is 1. The molecule has 0 bridgehead atoms. The molecule has 0 saturated carbocycles. The Morgan fingerprint density at radius 2 is 2.38 bits per heavy atom. The SMILES string of the molecule is CCCN=C(N)Nc1ccnc(SC(=N)CCCOC)n1. The maximum Gasteiger partial charge on any atom is 0.195 e. The van der Waals surface area contributed by atoms with Crippen molar-refractivity contribution in [3.8, 4) is 0 Å². The van der Waals surface area contributed by atoms with E-state index in [-0.39, 0.29) is 0 Å². The fourth-order valence-corrected chi connectivity index (χ4v) is 2.13. The first kappa shape index (κ1) is 17.4. The van der Waals surface area contributed by atoms with Gasteiger partial charge in [-0.25, -0.2) is 9.97 Å². The van der Waals surface area contributed by atoms with E-state index in [9.17, 15) is 0 Å². The third-order valence-corrected chi connectivity index (χ3v) is 3.19. The zero-order valence-corrected chi connectivity index (χ0v) is 13.2. The lowest BCUT2D eigenvalue weighted by atomic mass is 10.3. The Hall–Kier alpha value is -1.67. The summed E-state index contributed by atoms with van der Waals surface area (Å²) < 4.78 is 4.96. The van der Waals surface area contributed by atoms with Crippen LogP contribution in [0.4, 0.5) is 5.82 Å². The molecular formula is C13H22N6OS. The van der Waals surface area contributed by atoms with Gasteiger partial charge in [0.2, 0.25) is 0 Å². The molecule has 0 atom stereocenters. The van der Waals surface area contributed by atoms with Gasteiger partial charge in [-0.15, -0.1) is 0 Å². The fourth-order valence-electron chi connectivity index (χ4n) is 1.40. The van der Waals surface area contributed by atoms with Crippen LogP contribution in [0.15, 0.2) is 22.4 Å². The van der Waals surface area contributed by atoms with E-state index in [1.807, 2.05) is 6.92 Å². The van der Waals surface area contributed by atoms with E-state index in [0.717, 1.165) is 12.8 Å². The van der Waals surface area contributed by atoms with E-state index in [1.165, 1.54) is 11.8 Å².